The lowest BCUT2D eigenvalue weighted by molar-refractivity contribution is -0.130. The van der Waals surface area contributed by atoms with Crippen molar-refractivity contribution in [2.24, 2.45) is 4.99 Å². The third-order valence-corrected chi connectivity index (χ3v) is 5.18. The van der Waals surface area contributed by atoms with Crippen molar-refractivity contribution < 1.29 is 9.18 Å². The minimum Gasteiger partial charge on any atom is -0.357 e. The molecule has 0 radical (unpaired) electrons. The molecule has 1 heterocycles. The summed E-state index contributed by atoms with van der Waals surface area (Å²) < 4.78 is 14.1. The number of carbonyl (C=O) groups excluding carboxylic acids is 1. The van der Waals surface area contributed by atoms with Crippen molar-refractivity contribution in [1.82, 2.24) is 20.4 Å². The fourth-order valence-corrected chi connectivity index (χ4v) is 3.14. The van der Waals surface area contributed by atoms with Gasteiger partial charge in [-0.2, -0.15) is 0 Å². The Kier molecular flexibility index (Phi) is 11.3. The van der Waals surface area contributed by atoms with Crippen LogP contribution >= 0.6 is 39.9 Å². The van der Waals surface area contributed by atoms with Crippen LogP contribution in [0.1, 0.15) is 25.3 Å². The van der Waals surface area contributed by atoms with Crippen LogP contribution in [-0.4, -0.2) is 68.0 Å². The van der Waals surface area contributed by atoms with Crippen LogP contribution in [0.5, 0.6) is 0 Å². The van der Waals surface area contributed by atoms with Crippen LogP contribution in [0.25, 0.3) is 0 Å². The predicted octanol–water partition coefficient (Wildman–Crippen LogP) is 2.81. The molecule has 9 heteroatoms. The highest BCUT2D eigenvalue weighted by molar-refractivity contribution is 14.0. The summed E-state index contributed by atoms with van der Waals surface area (Å²) in [5.74, 6) is 0.599. The summed E-state index contributed by atoms with van der Waals surface area (Å²) in [5, 5.41) is 6.71. The average Bonchev–Trinajstić information content (AvgIpc) is 2.64. The second kappa shape index (κ2) is 12.6. The summed E-state index contributed by atoms with van der Waals surface area (Å²) in [6, 6.07) is 5.37. The number of guanidine groups is 1. The minimum absolute atomic E-state index is 0. The van der Waals surface area contributed by atoms with E-state index >= 15 is 0 Å². The van der Waals surface area contributed by atoms with Crippen molar-refractivity contribution in [1.29, 1.82) is 0 Å². The lowest BCUT2D eigenvalue weighted by atomic mass is 10.1. The summed E-state index contributed by atoms with van der Waals surface area (Å²) in [4.78, 5) is 20.2. The number of hydrogen-bond donors (Lipinski definition) is 2. The van der Waals surface area contributed by atoms with Crippen LogP contribution < -0.4 is 10.6 Å². The highest BCUT2D eigenvalue weighted by Gasteiger charge is 2.22. The molecule has 1 aromatic rings. The SMILES string of the molecule is CCNC(=NCc1ccc(Br)c(F)c1)NC1CCN(CC(=O)N(C)C)CC1.I. The second-order valence-corrected chi connectivity index (χ2v) is 7.78. The molecule has 0 aliphatic carbocycles. The van der Waals surface area contributed by atoms with E-state index in [2.05, 4.69) is 36.5 Å². The number of nitrogens with one attached hydrogen (secondary N) is 2. The molecule has 0 saturated carbocycles. The van der Waals surface area contributed by atoms with E-state index in [0.29, 0.717) is 23.6 Å². The third-order valence-electron chi connectivity index (χ3n) is 4.53. The molecule has 2 N–H and O–H groups in total. The molecule has 158 valence electrons. The second-order valence-electron chi connectivity index (χ2n) is 6.93. The molecule has 1 aromatic carbocycles. The third kappa shape index (κ3) is 8.20. The van der Waals surface area contributed by atoms with Gasteiger partial charge in [0, 0.05) is 39.8 Å². The van der Waals surface area contributed by atoms with E-state index in [9.17, 15) is 9.18 Å². The van der Waals surface area contributed by atoms with Gasteiger partial charge in [-0.25, -0.2) is 9.38 Å². The molecule has 6 nitrogen and oxygen atoms in total. The standard InChI is InChI=1S/C19H29BrFN5O.HI/c1-4-22-19(23-12-14-5-6-16(20)17(21)11-14)24-15-7-9-26(10-8-15)13-18(27)25(2)3;/h5-6,11,15H,4,7-10,12-13H2,1-3H3,(H2,22,23,24);1H. The monoisotopic (exact) mass is 569 g/mol. The van der Waals surface area contributed by atoms with E-state index in [1.54, 1.807) is 25.1 Å². The van der Waals surface area contributed by atoms with Crippen LogP contribution in [0.3, 0.4) is 0 Å². The molecule has 1 aliphatic heterocycles. The fourth-order valence-electron chi connectivity index (χ4n) is 2.89. The van der Waals surface area contributed by atoms with Crippen molar-refractivity contribution in [2.75, 3.05) is 40.3 Å². The Bertz CT molecular complexity index is 666. The number of amides is 1. The molecule has 1 fully saturated rings. The number of nitrogens with zero attached hydrogens (tertiary/aromatic N) is 3. The Morgan fingerprint density at radius 1 is 1.36 bits per heavy atom. The summed E-state index contributed by atoms with van der Waals surface area (Å²) in [5.41, 5.74) is 0.824. The fraction of sp³-hybridized carbons (Fsp3) is 0.579. The Morgan fingerprint density at radius 2 is 2.04 bits per heavy atom. The minimum atomic E-state index is -0.277. The van der Waals surface area contributed by atoms with Crippen molar-refractivity contribution in [2.45, 2.75) is 32.4 Å². The Labute approximate surface area is 192 Å². The average molecular weight is 570 g/mol. The number of aliphatic imine (C=N–C) groups is 1. The largest absolute Gasteiger partial charge is 0.357 e. The van der Waals surface area contributed by atoms with Crippen molar-refractivity contribution >= 4 is 51.8 Å². The van der Waals surface area contributed by atoms with Gasteiger partial charge < -0.3 is 15.5 Å². The molecule has 0 bridgehead atoms. The van der Waals surface area contributed by atoms with E-state index in [4.69, 9.17) is 0 Å². The zero-order valence-corrected chi connectivity index (χ0v) is 20.6. The molecule has 0 aromatic heterocycles. The topological polar surface area (TPSA) is 60.0 Å². The lowest BCUT2D eigenvalue weighted by Crippen LogP contribution is -2.50. The first-order chi connectivity index (χ1) is 12.9. The highest BCUT2D eigenvalue weighted by Crippen LogP contribution is 2.17. The van der Waals surface area contributed by atoms with Gasteiger partial charge in [-0.3, -0.25) is 9.69 Å². The van der Waals surface area contributed by atoms with E-state index in [1.807, 2.05) is 13.0 Å². The molecule has 2 rings (SSSR count). The quantitative estimate of drug-likeness (QED) is 0.314. The van der Waals surface area contributed by atoms with Crippen LogP contribution in [0.4, 0.5) is 4.39 Å². The van der Waals surface area contributed by atoms with E-state index in [1.165, 1.54) is 6.07 Å². The van der Waals surface area contributed by atoms with Crippen molar-refractivity contribution in [3.63, 3.8) is 0 Å². The molecule has 28 heavy (non-hydrogen) atoms. The van der Waals surface area contributed by atoms with Gasteiger partial charge in [0.25, 0.3) is 0 Å². The first-order valence-corrected chi connectivity index (χ1v) is 10.1. The number of halogens is 3. The predicted molar refractivity (Wildman–Crippen MR) is 126 cm³/mol. The van der Waals surface area contributed by atoms with E-state index in [-0.39, 0.29) is 35.7 Å². The van der Waals surface area contributed by atoms with Crippen LogP contribution in [0.2, 0.25) is 0 Å². The maximum absolute atomic E-state index is 13.6. The number of benzene rings is 1. The first kappa shape index (κ1) is 25.1. The summed E-state index contributed by atoms with van der Waals surface area (Å²) >= 11 is 3.16. The Hall–Kier alpha value is -0.940. The molecular weight excluding hydrogens is 540 g/mol. The number of piperidine rings is 1. The molecule has 1 aliphatic rings. The van der Waals surface area contributed by atoms with Crippen molar-refractivity contribution in [3.05, 3.63) is 34.1 Å². The van der Waals surface area contributed by atoms with E-state index in [0.717, 1.165) is 44.0 Å². The van der Waals surface area contributed by atoms with Crippen LogP contribution in [0, 0.1) is 5.82 Å². The highest BCUT2D eigenvalue weighted by atomic mass is 127. The van der Waals surface area contributed by atoms with Gasteiger partial charge in [0.2, 0.25) is 5.91 Å². The zero-order chi connectivity index (χ0) is 19.8. The van der Waals surface area contributed by atoms with Gasteiger partial charge in [-0.1, -0.05) is 6.07 Å². The van der Waals surface area contributed by atoms with Crippen LogP contribution in [-0.2, 0) is 11.3 Å². The number of likely N-dealkylation sites (tertiary alicyclic amines) is 1. The van der Waals surface area contributed by atoms with Gasteiger partial charge in [-0.15, -0.1) is 24.0 Å². The Balaban J connectivity index is 0.00000392. The number of hydrogen-bond acceptors (Lipinski definition) is 3. The maximum atomic E-state index is 13.6. The maximum Gasteiger partial charge on any atom is 0.236 e. The number of carbonyl (C=O) groups is 1. The van der Waals surface area contributed by atoms with Gasteiger partial charge in [-0.05, 0) is 53.4 Å². The number of rotatable bonds is 6. The molecule has 0 atom stereocenters. The summed E-state index contributed by atoms with van der Waals surface area (Å²) in [6.45, 7) is 5.44. The van der Waals surface area contributed by atoms with Gasteiger partial charge in [0.05, 0.1) is 17.6 Å². The number of likely N-dealkylation sites (N-methyl/N-ethyl adjacent to an activating group) is 1. The molecule has 1 amide bonds. The molecule has 0 unspecified atom stereocenters. The zero-order valence-electron chi connectivity index (χ0n) is 16.7. The smallest absolute Gasteiger partial charge is 0.236 e. The molecular formula is C19H30BrFIN5O. The van der Waals surface area contributed by atoms with E-state index < -0.39 is 0 Å². The van der Waals surface area contributed by atoms with Crippen molar-refractivity contribution in [3.8, 4) is 0 Å². The van der Waals surface area contributed by atoms with Gasteiger partial charge in [0.15, 0.2) is 5.96 Å². The Morgan fingerprint density at radius 3 is 2.61 bits per heavy atom. The summed E-state index contributed by atoms with van der Waals surface area (Å²) in [6.07, 6.45) is 1.91. The summed E-state index contributed by atoms with van der Waals surface area (Å²) in [7, 11) is 3.57. The van der Waals surface area contributed by atoms with Crippen LogP contribution in [0.15, 0.2) is 27.7 Å². The normalized spacial score (nSPS) is 15.7. The van der Waals surface area contributed by atoms with Gasteiger partial charge >= 0.3 is 0 Å². The first-order valence-electron chi connectivity index (χ1n) is 9.30. The lowest BCUT2D eigenvalue weighted by Gasteiger charge is -2.33. The van der Waals surface area contributed by atoms with Gasteiger partial charge in [0.1, 0.15) is 5.82 Å². The molecule has 0 spiro atoms. The molecule has 1 saturated heterocycles.